The van der Waals surface area contributed by atoms with E-state index in [0.29, 0.717) is 22.3 Å². The number of carbonyl (C=O) groups is 1. The van der Waals surface area contributed by atoms with Gasteiger partial charge in [0.15, 0.2) is 0 Å². The number of hydrogen-bond donors (Lipinski definition) is 1. The maximum atomic E-state index is 12.7. The van der Waals surface area contributed by atoms with E-state index in [1.165, 1.54) is 6.07 Å². The number of piperidine rings is 1. The van der Waals surface area contributed by atoms with Gasteiger partial charge in [-0.2, -0.15) is 0 Å². The second kappa shape index (κ2) is 8.19. The molecule has 3 rings (SSSR count). The maximum Gasteiger partial charge on any atom is 0.293 e. The first-order valence-corrected chi connectivity index (χ1v) is 9.75. The highest BCUT2D eigenvalue weighted by Gasteiger charge is 2.25. The number of nitrogens with one attached hydrogen (secondary N) is 1. The summed E-state index contributed by atoms with van der Waals surface area (Å²) in [6.45, 7) is 7.54. The van der Waals surface area contributed by atoms with E-state index in [9.17, 15) is 14.9 Å². The fraction of sp³-hybridized carbons (Fsp3) is 0.381. The second-order valence-corrected chi connectivity index (χ2v) is 7.93. The van der Waals surface area contributed by atoms with Crippen molar-refractivity contribution in [2.24, 2.45) is 5.92 Å². The normalized spacial score (nSPS) is 14.8. The Morgan fingerprint density at radius 3 is 2.50 bits per heavy atom. The van der Waals surface area contributed by atoms with Crippen LogP contribution >= 0.6 is 11.6 Å². The monoisotopic (exact) mass is 401 g/mol. The minimum atomic E-state index is -0.422. The zero-order valence-corrected chi connectivity index (χ0v) is 17.0. The van der Waals surface area contributed by atoms with Gasteiger partial charge < -0.3 is 10.2 Å². The predicted octanol–water partition coefficient (Wildman–Crippen LogP) is 5.35. The van der Waals surface area contributed by atoms with Crippen LogP contribution in [0.3, 0.4) is 0 Å². The molecular weight excluding hydrogens is 378 g/mol. The molecule has 0 spiro atoms. The molecule has 1 aliphatic heterocycles. The van der Waals surface area contributed by atoms with Gasteiger partial charge in [0.25, 0.3) is 11.6 Å². The van der Waals surface area contributed by atoms with Crippen LogP contribution < -0.4 is 10.2 Å². The first-order chi connectivity index (χ1) is 13.3. The summed E-state index contributed by atoms with van der Waals surface area (Å²) in [5.41, 5.74) is 3.11. The van der Waals surface area contributed by atoms with Gasteiger partial charge in [-0.1, -0.05) is 24.6 Å². The Labute approximate surface area is 169 Å². The quantitative estimate of drug-likeness (QED) is 0.553. The Balaban J connectivity index is 1.87. The third kappa shape index (κ3) is 4.28. The number of carbonyl (C=O) groups excluding carboxylic acids is 1. The van der Waals surface area contributed by atoms with Crippen molar-refractivity contribution in [1.82, 2.24) is 0 Å². The largest absolute Gasteiger partial charge is 0.366 e. The molecule has 2 aromatic rings. The van der Waals surface area contributed by atoms with Crippen molar-refractivity contribution in [1.29, 1.82) is 0 Å². The summed E-state index contributed by atoms with van der Waals surface area (Å²) in [5, 5.41) is 14.9. The first-order valence-electron chi connectivity index (χ1n) is 9.37. The molecule has 2 aromatic carbocycles. The highest BCUT2D eigenvalue weighted by molar-refractivity contribution is 6.34. The van der Waals surface area contributed by atoms with Crippen molar-refractivity contribution in [3.63, 3.8) is 0 Å². The van der Waals surface area contributed by atoms with E-state index >= 15 is 0 Å². The van der Waals surface area contributed by atoms with Crippen molar-refractivity contribution in [2.45, 2.75) is 33.6 Å². The SMILES string of the molecule is Cc1cc(C)c(NC(=O)c2ccc(N3CCC(C)CC3)c([N+](=O)[O-])c2)c(Cl)c1. The van der Waals surface area contributed by atoms with Crippen LogP contribution in [0.25, 0.3) is 0 Å². The minimum absolute atomic E-state index is 0.0473. The number of aryl methyl sites for hydroxylation is 2. The summed E-state index contributed by atoms with van der Waals surface area (Å²) in [4.78, 5) is 25.9. The molecule has 0 radical (unpaired) electrons. The van der Waals surface area contributed by atoms with Gasteiger partial charge in [-0.3, -0.25) is 14.9 Å². The minimum Gasteiger partial charge on any atom is -0.366 e. The highest BCUT2D eigenvalue weighted by Crippen LogP contribution is 2.33. The van der Waals surface area contributed by atoms with E-state index in [1.54, 1.807) is 18.2 Å². The van der Waals surface area contributed by atoms with Crippen LogP contribution in [0, 0.1) is 29.9 Å². The zero-order chi connectivity index (χ0) is 20.4. The third-order valence-electron chi connectivity index (χ3n) is 5.23. The lowest BCUT2D eigenvalue weighted by Gasteiger charge is -2.31. The number of anilines is 2. The molecule has 1 saturated heterocycles. The van der Waals surface area contributed by atoms with E-state index in [1.807, 2.05) is 24.8 Å². The van der Waals surface area contributed by atoms with Gasteiger partial charge in [-0.05, 0) is 61.9 Å². The Morgan fingerprint density at radius 2 is 1.89 bits per heavy atom. The molecular formula is C21H24ClN3O3. The van der Waals surface area contributed by atoms with E-state index in [0.717, 1.165) is 37.1 Å². The van der Waals surface area contributed by atoms with E-state index in [4.69, 9.17) is 11.6 Å². The van der Waals surface area contributed by atoms with Crippen LogP contribution in [0.5, 0.6) is 0 Å². The predicted molar refractivity (Wildman–Crippen MR) is 113 cm³/mol. The van der Waals surface area contributed by atoms with Crippen molar-refractivity contribution in [3.05, 3.63) is 62.2 Å². The van der Waals surface area contributed by atoms with Gasteiger partial charge >= 0.3 is 0 Å². The number of benzene rings is 2. The third-order valence-corrected chi connectivity index (χ3v) is 5.53. The highest BCUT2D eigenvalue weighted by atomic mass is 35.5. The van der Waals surface area contributed by atoms with Gasteiger partial charge in [0.1, 0.15) is 5.69 Å². The fourth-order valence-electron chi connectivity index (χ4n) is 3.59. The average Bonchev–Trinajstić information content (AvgIpc) is 2.64. The van der Waals surface area contributed by atoms with Crippen molar-refractivity contribution < 1.29 is 9.72 Å². The molecule has 1 fully saturated rings. The number of nitro groups is 1. The molecule has 0 unspecified atom stereocenters. The maximum absolute atomic E-state index is 12.7. The lowest BCUT2D eigenvalue weighted by Crippen LogP contribution is -2.33. The summed E-state index contributed by atoms with van der Waals surface area (Å²) < 4.78 is 0. The van der Waals surface area contributed by atoms with Gasteiger partial charge in [-0.25, -0.2) is 0 Å². The molecule has 6 nitrogen and oxygen atoms in total. The van der Waals surface area contributed by atoms with E-state index < -0.39 is 10.8 Å². The Hall–Kier alpha value is -2.60. The van der Waals surface area contributed by atoms with Crippen LogP contribution in [0.15, 0.2) is 30.3 Å². The molecule has 1 amide bonds. The number of nitro benzene ring substituents is 1. The van der Waals surface area contributed by atoms with Crippen molar-refractivity contribution in [2.75, 3.05) is 23.3 Å². The number of hydrogen-bond acceptors (Lipinski definition) is 4. The van der Waals surface area contributed by atoms with E-state index in [2.05, 4.69) is 12.2 Å². The van der Waals surface area contributed by atoms with Crippen LogP contribution in [-0.2, 0) is 0 Å². The van der Waals surface area contributed by atoms with Gasteiger partial charge in [0, 0.05) is 24.7 Å². The van der Waals surface area contributed by atoms with Crippen LogP contribution in [0.4, 0.5) is 17.1 Å². The molecule has 0 atom stereocenters. The van der Waals surface area contributed by atoms with Crippen LogP contribution in [-0.4, -0.2) is 23.9 Å². The molecule has 0 aromatic heterocycles. The number of rotatable bonds is 4. The second-order valence-electron chi connectivity index (χ2n) is 7.52. The Kier molecular flexibility index (Phi) is 5.89. The van der Waals surface area contributed by atoms with Crippen LogP contribution in [0.2, 0.25) is 5.02 Å². The topological polar surface area (TPSA) is 75.5 Å². The fourth-order valence-corrected chi connectivity index (χ4v) is 3.96. The lowest BCUT2D eigenvalue weighted by atomic mass is 9.98. The van der Waals surface area contributed by atoms with Crippen LogP contribution in [0.1, 0.15) is 41.3 Å². The molecule has 1 aliphatic rings. The molecule has 0 bridgehead atoms. The summed E-state index contributed by atoms with van der Waals surface area (Å²) in [5.74, 6) is 0.207. The van der Waals surface area contributed by atoms with Crippen molar-refractivity contribution >= 4 is 34.6 Å². The molecule has 0 saturated carbocycles. The Morgan fingerprint density at radius 1 is 1.21 bits per heavy atom. The smallest absolute Gasteiger partial charge is 0.293 e. The van der Waals surface area contributed by atoms with E-state index in [-0.39, 0.29) is 11.3 Å². The Bertz CT molecular complexity index is 898. The average molecular weight is 402 g/mol. The number of halogens is 1. The molecule has 28 heavy (non-hydrogen) atoms. The summed E-state index contributed by atoms with van der Waals surface area (Å²) in [7, 11) is 0. The number of amides is 1. The summed E-state index contributed by atoms with van der Waals surface area (Å²) in [6.07, 6.45) is 2.01. The van der Waals surface area contributed by atoms with Gasteiger partial charge in [0.05, 0.1) is 15.6 Å². The summed E-state index contributed by atoms with van der Waals surface area (Å²) >= 11 is 6.26. The van der Waals surface area contributed by atoms with Gasteiger partial charge in [0.2, 0.25) is 0 Å². The molecule has 7 heteroatoms. The zero-order valence-electron chi connectivity index (χ0n) is 16.3. The first kappa shape index (κ1) is 20.1. The van der Waals surface area contributed by atoms with Gasteiger partial charge in [-0.15, -0.1) is 0 Å². The number of nitrogens with zero attached hydrogens (tertiary/aromatic N) is 2. The lowest BCUT2D eigenvalue weighted by molar-refractivity contribution is -0.384. The summed E-state index contributed by atoms with van der Waals surface area (Å²) in [6, 6.07) is 8.34. The standard InChI is InChI=1S/C21H24ClN3O3/c1-13-6-8-24(9-7-13)18-5-4-16(12-19(18)25(27)28)21(26)23-20-15(3)10-14(2)11-17(20)22/h4-5,10-13H,6-9H2,1-3H3,(H,23,26). The molecule has 148 valence electrons. The molecule has 0 aliphatic carbocycles. The molecule has 1 heterocycles. The molecule has 1 N–H and O–H groups in total. The van der Waals surface area contributed by atoms with Crippen molar-refractivity contribution in [3.8, 4) is 0 Å².